The van der Waals surface area contributed by atoms with Crippen molar-refractivity contribution in [1.29, 1.82) is 0 Å². The minimum Gasteiger partial charge on any atom is -0.391 e. The lowest BCUT2D eigenvalue weighted by molar-refractivity contribution is 0.100. The molecule has 0 bridgehead atoms. The summed E-state index contributed by atoms with van der Waals surface area (Å²) in [5.41, 5.74) is 0.735. The second-order valence-electron chi connectivity index (χ2n) is 4.56. The molecule has 0 heterocycles. The van der Waals surface area contributed by atoms with Crippen LogP contribution in [0.1, 0.15) is 25.7 Å². The van der Waals surface area contributed by atoms with Crippen LogP contribution < -0.4 is 10.6 Å². The Kier molecular flexibility index (Phi) is 4.49. The maximum absolute atomic E-state index is 12.7. The third-order valence-corrected chi connectivity index (χ3v) is 3.37. The van der Waals surface area contributed by atoms with E-state index in [9.17, 15) is 9.50 Å². The van der Waals surface area contributed by atoms with Crippen LogP contribution in [0.3, 0.4) is 0 Å². The highest BCUT2D eigenvalue weighted by Crippen LogP contribution is 2.18. The zero-order chi connectivity index (χ0) is 13.0. The Bertz CT molecular complexity index is 410. The Balaban J connectivity index is 1.86. The highest BCUT2D eigenvalue weighted by atomic mass is 32.1. The summed E-state index contributed by atoms with van der Waals surface area (Å²) in [7, 11) is 0. The molecule has 3 nitrogen and oxygen atoms in total. The smallest absolute Gasteiger partial charge is 0.171 e. The molecule has 1 aromatic rings. The molecule has 0 unspecified atom stereocenters. The monoisotopic (exact) mass is 268 g/mol. The van der Waals surface area contributed by atoms with Crippen LogP contribution >= 0.6 is 12.2 Å². The molecule has 0 spiro atoms. The number of thiocarbonyl (C=S) groups is 1. The third kappa shape index (κ3) is 3.65. The first-order valence-electron chi connectivity index (χ1n) is 6.16. The van der Waals surface area contributed by atoms with Crippen molar-refractivity contribution in [2.45, 2.75) is 37.8 Å². The number of aliphatic hydroxyl groups excluding tert-OH is 1. The Morgan fingerprint density at radius 3 is 2.56 bits per heavy atom. The van der Waals surface area contributed by atoms with Crippen LogP contribution in [0.2, 0.25) is 0 Å². The van der Waals surface area contributed by atoms with Crippen LogP contribution in [0.15, 0.2) is 24.3 Å². The predicted octanol–water partition coefficient (Wildman–Crippen LogP) is 2.42. The van der Waals surface area contributed by atoms with E-state index in [-0.39, 0.29) is 18.0 Å². The van der Waals surface area contributed by atoms with Gasteiger partial charge in [-0.25, -0.2) is 4.39 Å². The van der Waals surface area contributed by atoms with Gasteiger partial charge >= 0.3 is 0 Å². The molecule has 0 aromatic heterocycles. The molecule has 2 atom stereocenters. The molecule has 0 radical (unpaired) electrons. The van der Waals surface area contributed by atoms with Gasteiger partial charge in [-0.3, -0.25) is 0 Å². The lowest BCUT2D eigenvalue weighted by atomic mass is 9.93. The minimum absolute atomic E-state index is 0.0131. The molecule has 0 amide bonds. The molecular formula is C13H17FN2OS. The summed E-state index contributed by atoms with van der Waals surface area (Å²) in [6.07, 6.45) is 3.57. The van der Waals surface area contributed by atoms with Gasteiger partial charge in [-0.1, -0.05) is 12.8 Å². The summed E-state index contributed by atoms with van der Waals surface area (Å²) in [5.74, 6) is -0.276. The van der Waals surface area contributed by atoms with E-state index in [2.05, 4.69) is 10.6 Å². The van der Waals surface area contributed by atoms with E-state index >= 15 is 0 Å². The average molecular weight is 268 g/mol. The number of aliphatic hydroxyl groups is 1. The van der Waals surface area contributed by atoms with Crippen LogP contribution in [0.25, 0.3) is 0 Å². The number of halogens is 1. The lowest BCUT2D eigenvalue weighted by Crippen LogP contribution is -2.46. The first-order chi connectivity index (χ1) is 8.65. The molecule has 18 heavy (non-hydrogen) atoms. The Labute approximate surface area is 111 Å². The number of anilines is 1. The lowest BCUT2D eigenvalue weighted by Gasteiger charge is -2.29. The quantitative estimate of drug-likeness (QED) is 0.721. The van der Waals surface area contributed by atoms with Crippen molar-refractivity contribution in [3.63, 3.8) is 0 Å². The van der Waals surface area contributed by atoms with Crippen molar-refractivity contribution < 1.29 is 9.50 Å². The van der Waals surface area contributed by atoms with Gasteiger partial charge in [0.05, 0.1) is 12.1 Å². The van der Waals surface area contributed by atoms with Crippen molar-refractivity contribution in [3.05, 3.63) is 30.1 Å². The van der Waals surface area contributed by atoms with Crippen LogP contribution in [0.5, 0.6) is 0 Å². The summed E-state index contributed by atoms with van der Waals surface area (Å²) in [5, 5.41) is 16.4. The molecule has 3 N–H and O–H groups in total. The number of benzene rings is 1. The number of nitrogens with one attached hydrogen (secondary N) is 2. The molecular weight excluding hydrogens is 251 g/mol. The van der Waals surface area contributed by atoms with Crippen molar-refractivity contribution in [2.75, 3.05) is 5.32 Å². The van der Waals surface area contributed by atoms with Crippen molar-refractivity contribution in [2.24, 2.45) is 0 Å². The second-order valence-corrected chi connectivity index (χ2v) is 4.97. The van der Waals surface area contributed by atoms with Gasteiger partial charge in [0.25, 0.3) is 0 Å². The standard InChI is InChI=1S/C13H17FN2OS/c14-9-5-7-10(8-6-9)15-13(18)16-11-3-1-2-4-12(11)17/h5-8,11-12,17H,1-4H2,(H2,15,16,18)/t11-,12-/m1/s1. The molecule has 2 rings (SSSR count). The zero-order valence-corrected chi connectivity index (χ0v) is 10.8. The van der Waals surface area contributed by atoms with Gasteiger partial charge in [0.2, 0.25) is 0 Å². The topological polar surface area (TPSA) is 44.3 Å². The van der Waals surface area contributed by atoms with E-state index in [0.717, 1.165) is 31.4 Å². The molecule has 1 saturated carbocycles. The number of rotatable bonds is 2. The SMILES string of the molecule is O[C@@H]1CCCC[C@H]1NC(=S)Nc1ccc(F)cc1. The first-order valence-corrected chi connectivity index (χ1v) is 6.57. The van der Waals surface area contributed by atoms with Crippen LogP contribution in [0, 0.1) is 5.82 Å². The number of hydrogen-bond donors (Lipinski definition) is 3. The largest absolute Gasteiger partial charge is 0.391 e. The van der Waals surface area contributed by atoms with Gasteiger partial charge < -0.3 is 15.7 Å². The van der Waals surface area contributed by atoms with Crippen molar-refractivity contribution in [1.82, 2.24) is 5.32 Å². The molecule has 1 aliphatic carbocycles. The molecule has 1 aliphatic rings. The fraction of sp³-hybridized carbons (Fsp3) is 0.462. The number of hydrogen-bond acceptors (Lipinski definition) is 2. The van der Waals surface area contributed by atoms with Gasteiger partial charge in [-0.15, -0.1) is 0 Å². The normalized spacial score (nSPS) is 23.4. The third-order valence-electron chi connectivity index (χ3n) is 3.15. The molecule has 0 aliphatic heterocycles. The van der Waals surface area contributed by atoms with Gasteiger partial charge in [-0.2, -0.15) is 0 Å². The second kappa shape index (κ2) is 6.11. The van der Waals surface area contributed by atoms with E-state index in [1.807, 2.05) is 0 Å². The van der Waals surface area contributed by atoms with Gasteiger partial charge in [0, 0.05) is 5.69 Å². The van der Waals surface area contributed by atoms with Crippen molar-refractivity contribution >= 4 is 23.0 Å². The molecule has 1 fully saturated rings. The van der Waals surface area contributed by atoms with E-state index in [0.29, 0.717) is 5.11 Å². The van der Waals surface area contributed by atoms with Gasteiger partial charge in [0.1, 0.15) is 5.82 Å². The fourth-order valence-corrected chi connectivity index (χ4v) is 2.42. The predicted molar refractivity (Wildman–Crippen MR) is 74.0 cm³/mol. The van der Waals surface area contributed by atoms with E-state index < -0.39 is 0 Å². The highest BCUT2D eigenvalue weighted by molar-refractivity contribution is 7.80. The summed E-state index contributed by atoms with van der Waals surface area (Å²) >= 11 is 5.18. The Hall–Kier alpha value is -1.20. The Morgan fingerprint density at radius 2 is 1.89 bits per heavy atom. The van der Waals surface area contributed by atoms with E-state index in [1.54, 1.807) is 12.1 Å². The first kappa shape index (κ1) is 13.2. The fourth-order valence-electron chi connectivity index (χ4n) is 2.15. The summed E-state index contributed by atoms with van der Waals surface area (Å²) in [6.45, 7) is 0. The minimum atomic E-state index is -0.341. The molecule has 0 saturated heterocycles. The van der Waals surface area contributed by atoms with Crippen molar-refractivity contribution in [3.8, 4) is 0 Å². The van der Waals surface area contributed by atoms with Gasteiger partial charge in [-0.05, 0) is 49.3 Å². The summed E-state index contributed by atoms with van der Waals surface area (Å²) in [4.78, 5) is 0. The zero-order valence-electron chi connectivity index (χ0n) is 10.0. The van der Waals surface area contributed by atoms with Crippen LogP contribution in [-0.2, 0) is 0 Å². The maximum Gasteiger partial charge on any atom is 0.171 e. The summed E-state index contributed by atoms with van der Waals surface area (Å²) < 4.78 is 12.7. The molecule has 1 aromatic carbocycles. The summed E-state index contributed by atoms with van der Waals surface area (Å²) in [6, 6.07) is 6.02. The molecule has 5 heteroatoms. The van der Waals surface area contributed by atoms with Crippen LogP contribution in [0.4, 0.5) is 10.1 Å². The maximum atomic E-state index is 12.7. The molecule has 98 valence electrons. The highest BCUT2D eigenvalue weighted by Gasteiger charge is 2.23. The van der Waals surface area contributed by atoms with Crippen LogP contribution in [-0.4, -0.2) is 22.4 Å². The average Bonchev–Trinajstić information content (AvgIpc) is 2.35. The Morgan fingerprint density at radius 1 is 1.22 bits per heavy atom. The van der Waals surface area contributed by atoms with E-state index in [1.165, 1.54) is 12.1 Å². The van der Waals surface area contributed by atoms with E-state index in [4.69, 9.17) is 12.2 Å². The van der Waals surface area contributed by atoms with Gasteiger partial charge in [0.15, 0.2) is 5.11 Å².